The molecule has 7 heteroatoms. The van der Waals surface area contributed by atoms with E-state index in [9.17, 15) is 4.79 Å². The summed E-state index contributed by atoms with van der Waals surface area (Å²) in [7, 11) is 1.62. The molecule has 23 heavy (non-hydrogen) atoms. The Bertz CT molecular complexity index is 544. The first-order valence-corrected chi connectivity index (χ1v) is 8.56. The third-order valence-electron chi connectivity index (χ3n) is 4.56. The maximum atomic E-state index is 12.7. The molecule has 5 nitrogen and oxygen atoms in total. The number of carbonyl (C=O) groups is 1. The first-order chi connectivity index (χ1) is 10.7. The number of amides is 1. The van der Waals surface area contributed by atoms with Crippen molar-refractivity contribution in [2.75, 3.05) is 46.4 Å². The maximum absolute atomic E-state index is 12.7. The molecule has 128 valence electrons. The van der Waals surface area contributed by atoms with Gasteiger partial charge in [0.1, 0.15) is 5.75 Å². The second kappa shape index (κ2) is 8.33. The van der Waals surface area contributed by atoms with Gasteiger partial charge in [-0.25, -0.2) is 0 Å². The van der Waals surface area contributed by atoms with E-state index in [2.05, 4.69) is 26.1 Å². The summed E-state index contributed by atoms with van der Waals surface area (Å²) in [5.74, 6) is 0.789. The molecule has 2 fully saturated rings. The zero-order valence-electron chi connectivity index (χ0n) is 13.3. The van der Waals surface area contributed by atoms with Crippen molar-refractivity contribution >= 4 is 34.2 Å². The van der Waals surface area contributed by atoms with E-state index in [0.717, 1.165) is 43.7 Å². The molecule has 0 radical (unpaired) electrons. The van der Waals surface area contributed by atoms with Crippen molar-refractivity contribution in [1.29, 1.82) is 0 Å². The number of halogens is 2. The van der Waals surface area contributed by atoms with Crippen LogP contribution in [0.1, 0.15) is 16.8 Å². The Kier molecular flexibility index (Phi) is 6.71. The van der Waals surface area contributed by atoms with Crippen molar-refractivity contribution in [2.45, 2.75) is 12.5 Å². The molecule has 1 unspecified atom stereocenters. The molecular formula is C16H23BrClN3O2. The molecule has 3 rings (SSSR count). The molecule has 0 spiro atoms. The average Bonchev–Trinajstić information content (AvgIpc) is 3.09. The van der Waals surface area contributed by atoms with Gasteiger partial charge in [-0.3, -0.25) is 9.69 Å². The number of methoxy groups -OCH3 is 1. The highest BCUT2D eigenvalue weighted by Gasteiger charge is 2.28. The van der Waals surface area contributed by atoms with E-state index in [1.807, 2.05) is 17.0 Å². The first-order valence-electron chi connectivity index (χ1n) is 7.76. The van der Waals surface area contributed by atoms with Gasteiger partial charge in [0.15, 0.2) is 0 Å². The molecule has 2 aliphatic rings. The van der Waals surface area contributed by atoms with Gasteiger partial charge in [0.25, 0.3) is 5.91 Å². The van der Waals surface area contributed by atoms with Crippen molar-refractivity contribution in [3.05, 3.63) is 28.2 Å². The van der Waals surface area contributed by atoms with Gasteiger partial charge in [-0.2, -0.15) is 0 Å². The number of carbonyl (C=O) groups excluding carboxylic acids is 1. The van der Waals surface area contributed by atoms with Gasteiger partial charge in [0.2, 0.25) is 0 Å². The van der Waals surface area contributed by atoms with Gasteiger partial charge in [0.05, 0.1) is 12.7 Å². The van der Waals surface area contributed by atoms with Crippen molar-refractivity contribution in [1.82, 2.24) is 15.1 Å². The van der Waals surface area contributed by atoms with Crippen molar-refractivity contribution in [3.63, 3.8) is 0 Å². The average molecular weight is 405 g/mol. The topological polar surface area (TPSA) is 44.8 Å². The molecule has 2 saturated heterocycles. The zero-order valence-corrected chi connectivity index (χ0v) is 15.7. The highest BCUT2D eigenvalue weighted by Crippen LogP contribution is 2.24. The smallest absolute Gasteiger partial charge is 0.255 e. The van der Waals surface area contributed by atoms with Crippen molar-refractivity contribution in [2.24, 2.45) is 0 Å². The molecular weight excluding hydrogens is 382 g/mol. The maximum Gasteiger partial charge on any atom is 0.255 e. The van der Waals surface area contributed by atoms with Gasteiger partial charge in [-0.05, 0) is 47.1 Å². The monoisotopic (exact) mass is 403 g/mol. The summed E-state index contributed by atoms with van der Waals surface area (Å²) in [6.07, 6.45) is 1.22. The second-order valence-corrected chi connectivity index (χ2v) is 6.67. The fraction of sp³-hybridized carbons (Fsp3) is 0.562. The molecule has 1 aromatic carbocycles. The number of nitrogens with zero attached hydrogens (tertiary/aromatic N) is 2. The van der Waals surface area contributed by atoms with Gasteiger partial charge in [0, 0.05) is 43.2 Å². The third-order valence-corrected chi connectivity index (χ3v) is 5.25. The van der Waals surface area contributed by atoms with Crippen molar-refractivity contribution in [3.8, 4) is 5.75 Å². The zero-order chi connectivity index (χ0) is 15.5. The minimum atomic E-state index is 0. The highest BCUT2D eigenvalue weighted by atomic mass is 79.9. The van der Waals surface area contributed by atoms with Crippen molar-refractivity contribution < 1.29 is 9.53 Å². The Hall–Kier alpha value is -0.820. The molecule has 1 N–H and O–H groups in total. The van der Waals surface area contributed by atoms with Gasteiger partial charge in [-0.1, -0.05) is 0 Å². The second-order valence-electron chi connectivity index (χ2n) is 5.82. The molecule has 2 heterocycles. The number of piperazine rings is 1. The van der Waals surface area contributed by atoms with Crippen LogP contribution in [0.5, 0.6) is 5.75 Å². The summed E-state index contributed by atoms with van der Waals surface area (Å²) < 4.78 is 6.05. The van der Waals surface area contributed by atoms with Crippen LogP contribution in [-0.2, 0) is 0 Å². The van der Waals surface area contributed by atoms with E-state index < -0.39 is 0 Å². The fourth-order valence-corrected chi connectivity index (χ4v) is 3.62. The summed E-state index contributed by atoms with van der Waals surface area (Å²) in [6.45, 7) is 5.69. The standard InChI is InChI=1S/C16H22BrN3O2.ClH/c1-22-13-2-3-15(17)14(10-13)16(21)20-8-6-19(7-9-20)12-4-5-18-11-12;/h2-3,10,12,18H,4-9,11H2,1H3;1H. The molecule has 0 aromatic heterocycles. The molecule has 2 aliphatic heterocycles. The van der Waals surface area contributed by atoms with Crippen LogP contribution in [0.15, 0.2) is 22.7 Å². The summed E-state index contributed by atoms with van der Waals surface area (Å²) in [4.78, 5) is 17.2. The normalized spacial score (nSPS) is 21.8. The molecule has 1 aromatic rings. The summed E-state index contributed by atoms with van der Waals surface area (Å²) >= 11 is 3.47. The van der Waals surface area contributed by atoms with Crippen LogP contribution >= 0.6 is 28.3 Å². The SMILES string of the molecule is COc1ccc(Br)c(C(=O)N2CCN(C3CCNC3)CC2)c1.Cl. The Morgan fingerprint density at radius 2 is 2.04 bits per heavy atom. The summed E-state index contributed by atoms with van der Waals surface area (Å²) in [5.41, 5.74) is 0.676. The minimum absolute atomic E-state index is 0. The van der Waals surface area contributed by atoms with Gasteiger partial charge in [-0.15, -0.1) is 12.4 Å². The van der Waals surface area contributed by atoms with Crippen LogP contribution in [0.25, 0.3) is 0 Å². The lowest BCUT2D eigenvalue weighted by molar-refractivity contribution is 0.0582. The summed E-state index contributed by atoms with van der Waals surface area (Å²) in [5, 5.41) is 3.41. The molecule has 0 aliphatic carbocycles. The predicted molar refractivity (Wildman–Crippen MR) is 96.7 cm³/mol. The van der Waals surface area contributed by atoms with E-state index in [1.54, 1.807) is 13.2 Å². The summed E-state index contributed by atoms with van der Waals surface area (Å²) in [6, 6.07) is 6.17. The quantitative estimate of drug-likeness (QED) is 0.837. The Morgan fingerprint density at radius 3 is 2.65 bits per heavy atom. The van der Waals surface area contributed by atoms with Crippen LogP contribution in [0.2, 0.25) is 0 Å². The lowest BCUT2D eigenvalue weighted by Crippen LogP contribution is -2.52. The van der Waals surface area contributed by atoms with E-state index in [4.69, 9.17) is 4.74 Å². The number of ether oxygens (including phenoxy) is 1. The fourth-order valence-electron chi connectivity index (χ4n) is 3.21. The first kappa shape index (κ1) is 18.5. The largest absolute Gasteiger partial charge is 0.497 e. The molecule has 0 saturated carbocycles. The number of hydrogen-bond donors (Lipinski definition) is 1. The molecule has 0 bridgehead atoms. The van der Waals surface area contributed by atoms with Crippen LogP contribution < -0.4 is 10.1 Å². The highest BCUT2D eigenvalue weighted by molar-refractivity contribution is 9.10. The lowest BCUT2D eigenvalue weighted by Gasteiger charge is -2.38. The van der Waals surface area contributed by atoms with E-state index in [0.29, 0.717) is 17.4 Å². The molecule has 1 amide bonds. The Morgan fingerprint density at radius 1 is 1.30 bits per heavy atom. The van der Waals surface area contributed by atoms with Crippen LogP contribution in [0, 0.1) is 0 Å². The van der Waals surface area contributed by atoms with Gasteiger partial charge >= 0.3 is 0 Å². The Labute approximate surface area is 151 Å². The number of rotatable bonds is 3. The van der Waals surface area contributed by atoms with Gasteiger partial charge < -0.3 is 15.0 Å². The van der Waals surface area contributed by atoms with Crippen LogP contribution in [-0.4, -0.2) is 68.1 Å². The number of benzene rings is 1. The van der Waals surface area contributed by atoms with E-state index in [-0.39, 0.29) is 18.3 Å². The third kappa shape index (κ3) is 4.18. The van der Waals surface area contributed by atoms with Crippen LogP contribution in [0.4, 0.5) is 0 Å². The van der Waals surface area contributed by atoms with E-state index in [1.165, 1.54) is 6.42 Å². The van der Waals surface area contributed by atoms with Crippen LogP contribution in [0.3, 0.4) is 0 Å². The van der Waals surface area contributed by atoms with E-state index >= 15 is 0 Å². The number of hydrogen-bond acceptors (Lipinski definition) is 4. The lowest BCUT2D eigenvalue weighted by atomic mass is 10.1. The Balaban J connectivity index is 0.00000192. The minimum Gasteiger partial charge on any atom is -0.497 e. The number of nitrogens with one attached hydrogen (secondary N) is 1. The predicted octanol–water partition coefficient (Wildman–Crippen LogP) is 2.00. The molecule has 1 atom stereocenters.